The lowest BCUT2D eigenvalue weighted by molar-refractivity contribution is 0.161. The highest BCUT2D eigenvalue weighted by molar-refractivity contribution is 7.80. The molecule has 0 atom stereocenters. The molecule has 0 aromatic carbocycles. The van der Waals surface area contributed by atoms with Crippen LogP contribution in [-0.4, -0.2) is 18.2 Å². The highest BCUT2D eigenvalue weighted by atomic mass is 32.1. The number of rotatable bonds is 4. The van der Waals surface area contributed by atoms with E-state index in [1.807, 2.05) is 0 Å². The normalized spacial score (nSPS) is 17.8. The summed E-state index contributed by atoms with van der Waals surface area (Å²) < 4.78 is 5.15. The topological polar surface area (TPSA) is 35.2 Å². The molecule has 3 heteroatoms. The van der Waals surface area contributed by atoms with Gasteiger partial charge in [0.05, 0.1) is 11.6 Å². The van der Waals surface area contributed by atoms with E-state index in [1.54, 1.807) is 0 Å². The highest BCUT2D eigenvalue weighted by Crippen LogP contribution is 2.28. The van der Waals surface area contributed by atoms with Crippen LogP contribution in [0.2, 0.25) is 0 Å². The van der Waals surface area contributed by atoms with E-state index in [0.717, 1.165) is 12.5 Å². The molecule has 0 heterocycles. The van der Waals surface area contributed by atoms with E-state index in [-0.39, 0.29) is 0 Å². The summed E-state index contributed by atoms with van der Waals surface area (Å²) in [6.07, 6.45) is 2.63. The zero-order valence-corrected chi connectivity index (χ0v) is 6.12. The Morgan fingerprint density at radius 1 is 1.67 bits per heavy atom. The van der Waals surface area contributed by atoms with Crippen LogP contribution in [0.15, 0.2) is 0 Å². The number of hydrogen-bond donors (Lipinski definition) is 1. The van der Waals surface area contributed by atoms with Gasteiger partial charge in [0.25, 0.3) is 0 Å². The number of thiocarbonyl (C=S) groups is 1. The molecule has 0 bridgehead atoms. The second kappa shape index (κ2) is 3.13. The summed E-state index contributed by atoms with van der Waals surface area (Å²) in [5.41, 5.74) is 5.21. The van der Waals surface area contributed by atoms with Crippen LogP contribution in [0.4, 0.5) is 0 Å². The molecule has 0 aromatic rings. The van der Waals surface area contributed by atoms with Crippen molar-refractivity contribution >= 4 is 17.2 Å². The van der Waals surface area contributed by atoms with E-state index in [9.17, 15) is 0 Å². The smallest absolute Gasteiger partial charge is 0.0989 e. The molecule has 52 valence electrons. The van der Waals surface area contributed by atoms with Crippen LogP contribution in [0.25, 0.3) is 0 Å². The first kappa shape index (κ1) is 6.96. The zero-order valence-electron chi connectivity index (χ0n) is 5.30. The average Bonchev–Trinajstić information content (AvgIpc) is 2.48. The second-order valence-electron chi connectivity index (χ2n) is 2.42. The lowest BCUT2D eigenvalue weighted by Crippen LogP contribution is -2.16. The van der Waals surface area contributed by atoms with Crippen molar-refractivity contribution in [3.05, 3.63) is 0 Å². The van der Waals surface area contributed by atoms with Gasteiger partial charge >= 0.3 is 0 Å². The minimum Gasteiger partial charge on any atom is -0.391 e. The van der Waals surface area contributed by atoms with Crippen LogP contribution >= 0.6 is 12.2 Å². The molecule has 1 aliphatic carbocycles. The molecule has 1 saturated carbocycles. The van der Waals surface area contributed by atoms with Crippen LogP contribution in [0.3, 0.4) is 0 Å². The largest absolute Gasteiger partial charge is 0.391 e. The fraction of sp³-hybridized carbons (Fsp3) is 0.833. The van der Waals surface area contributed by atoms with Gasteiger partial charge in [-0.05, 0) is 18.8 Å². The second-order valence-corrected chi connectivity index (χ2v) is 2.95. The van der Waals surface area contributed by atoms with Gasteiger partial charge in [0.1, 0.15) is 0 Å². The molecule has 1 rings (SSSR count). The van der Waals surface area contributed by atoms with Gasteiger partial charge in [-0.25, -0.2) is 0 Å². The summed E-state index contributed by atoms with van der Waals surface area (Å²) in [6.45, 7) is 1.29. The molecular formula is C6H11NOS. The van der Waals surface area contributed by atoms with E-state index >= 15 is 0 Å². The van der Waals surface area contributed by atoms with Crippen LogP contribution in [-0.2, 0) is 4.74 Å². The molecule has 1 aliphatic rings. The summed E-state index contributed by atoms with van der Waals surface area (Å²) in [7, 11) is 0. The first-order valence-corrected chi connectivity index (χ1v) is 3.56. The minimum atomic E-state index is 0.450. The molecule has 1 fully saturated rings. The first-order chi connectivity index (χ1) is 4.29. The lowest BCUT2D eigenvalue weighted by atomic mass is 10.5. The monoisotopic (exact) mass is 145 g/mol. The molecule has 2 N–H and O–H groups in total. The average molecular weight is 145 g/mol. The van der Waals surface area contributed by atoms with Gasteiger partial charge in [-0.3, -0.25) is 0 Å². The van der Waals surface area contributed by atoms with Crippen LogP contribution in [0, 0.1) is 5.92 Å². The van der Waals surface area contributed by atoms with Crippen molar-refractivity contribution in [3.8, 4) is 0 Å². The van der Waals surface area contributed by atoms with E-state index < -0.39 is 0 Å². The molecule has 9 heavy (non-hydrogen) atoms. The molecule has 2 nitrogen and oxygen atoms in total. The third-order valence-corrected chi connectivity index (χ3v) is 1.41. The van der Waals surface area contributed by atoms with Gasteiger partial charge < -0.3 is 10.5 Å². The van der Waals surface area contributed by atoms with Crippen LogP contribution < -0.4 is 5.73 Å². The van der Waals surface area contributed by atoms with Gasteiger partial charge in [-0.15, -0.1) is 0 Å². The summed E-state index contributed by atoms with van der Waals surface area (Å²) >= 11 is 4.62. The maximum absolute atomic E-state index is 5.21. The van der Waals surface area contributed by atoms with Gasteiger partial charge in [0.2, 0.25) is 0 Å². The van der Waals surface area contributed by atoms with Gasteiger partial charge in [-0.1, -0.05) is 12.2 Å². The van der Waals surface area contributed by atoms with Gasteiger partial charge in [0, 0.05) is 6.61 Å². The number of nitrogens with two attached hydrogens (primary N) is 1. The van der Waals surface area contributed by atoms with E-state index in [1.165, 1.54) is 12.8 Å². The third-order valence-electron chi connectivity index (χ3n) is 1.29. The van der Waals surface area contributed by atoms with Crippen LogP contribution in [0.5, 0.6) is 0 Å². The molecule has 0 radical (unpaired) electrons. The summed E-state index contributed by atoms with van der Waals surface area (Å²) in [6, 6.07) is 0. The summed E-state index contributed by atoms with van der Waals surface area (Å²) in [5, 5.41) is 0. The Morgan fingerprint density at radius 2 is 2.33 bits per heavy atom. The van der Waals surface area contributed by atoms with Gasteiger partial charge in [-0.2, -0.15) is 0 Å². The Hall–Kier alpha value is -0.150. The molecule has 0 unspecified atom stereocenters. The lowest BCUT2D eigenvalue weighted by Gasteiger charge is -1.98. The van der Waals surface area contributed by atoms with Crippen molar-refractivity contribution in [2.45, 2.75) is 12.8 Å². The maximum Gasteiger partial charge on any atom is 0.0989 e. The fourth-order valence-corrected chi connectivity index (χ4v) is 0.694. The SMILES string of the molecule is NC(=S)COCC1CC1. The quantitative estimate of drug-likeness (QED) is 0.591. The standard InChI is InChI=1S/C6H11NOS/c7-6(9)4-8-3-5-1-2-5/h5H,1-4H2,(H2,7,9). The highest BCUT2D eigenvalue weighted by Gasteiger charge is 2.20. The van der Waals surface area contributed by atoms with Gasteiger partial charge in [0.15, 0.2) is 0 Å². The predicted octanol–water partition coefficient (Wildman–Crippen LogP) is 0.699. The fourth-order valence-electron chi connectivity index (χ4n) is 0.611. The Labute approximate surface area is 60.4 Å². The first-order valence-electron chi connectivity index (χ1n) is 3.15. The summed E-state index contributed by atoms with van der Waals surface area (Å²) in [5.74, 6) is 0.805. The number of ether oxygens (including phenoxy) is 1. The zero-order chi connectivity index (χ0) is 6.69. The molecule has 0 aliphatic heterocycles. The Bertz CT molecular complexity index is 112. The molecule has 0 amide bonds. The summed E-state index contributed by atoms with van der Waals surface area (Å²) in [4.78, 5) is 0.454. The van der Waals surface area contributed by atoms with E-state index in [4.69, 9.17) is 10.5 Å². The van der Waals surface area contributed by atoms with E-state index in [0.29, 0.717) is 11.6 Å². The van der Waals surface area contributed by atoms with Crippen molar-refractivity contribution < 1.29 is 4.74 Å². The number of hydrogen-bond acceptors (Lipinski definition) is 2. The van der Waals surface area contributed by atoms with Crippen molar-refractivity contribution in [2.75, 3.05) is 13.2 Å². The molecular weight excluding hydrogens is 134 g/mol. The van der Waals surface area contributed by atoms with Crippen molar-refractivity contribution in [1.29, 1.82) is 0 Å². The Kier molecular flexibility index (Phi) is 2.42. The van der Waals surface area contributed by atoms with Crippen molar-refractivity contribution in [2.24, 2.45) is 11.7 Å². The minimum absolute atomic E-state index is 0.450. The predicted molar refractivity (Wildman–Crippen MR) is 40.3 cm³/mol. The Morgan fingerprint density at radius 3 is 2.78 bits per heavy atom. The molecule has 0 saturated heterocycles. The Balaban J connectivity index is 1.86. The molecule has 0 aromatic heterocycles. The maximum atomic E-state index is 5.21. The van der Waals surface area contributed by atoms with Crippen molar-refractivity contribution in [3.63, 3.8) is 0 Å². The van der Waals surface area contributed by atoms with Crippen LogP contribution in [0.1, 0.15) is 12.8 Å². The third kappa shape index (κ3) is 3.43. The van der Waals surface area contributed by atoms with E-state index in [2.05, 4.69) is 12.2 Å². The molecule has 0 spiro atoms. The van der Waals surface area contributed by atoms with Crippen molar-refractivity contribution in [1.82, 2.24) is 0 Å².